The van der Waals surface area contributed by atoms with Crippen LogP contribution in [0, 0.1) is 283 Å². The molecule has 12 nitrogen and oxygen atoms in total. The molecule has 10 aromatic rings. The maximum Gasteiger partial charge on any atom is 0.338 e. The zero-order valence-electron chi connectivity index (χ0n) is 97.2. The Kier molecular flexibility index (Phi) is 37.6. The molecule has 0 atom stereocenters. The van der Waals surface area contributed by atoms with Gasteiger partial charge in [0.1, 0.15) is 34.5 Å². The number of ether oxygens (including phenoxy) is 6. The Hall–Kier alpha value is -12.5. The number of benzene rings is 10. The van der Waals surface area contributed by atoms with Crippen LogP contribution in [-0.2, 0) is 48.0 Å². The summed E-state index contributed by atoms with van der Waals surface area (Å²) in [4.78, 5) is 74.7. The zero-order chi connectivity index (χ0) is 110. The van der Waals surface area contributed by atoms with E-state index in [-0.39, 0.29) is 19.4 Å². The molecule has 12 heteroatoms. The first-order chi connectivity index (χ1) is 67.1. The molecule has 0 amide bonds. The lowest BCUT2D eigenvalue weighted by molar-refractivity contribution is -0.131. The van der Waals surface area contributed by atoms with Crippen LogP contribution >= 0.6 is 0 Å². The Morgan fingerprint density at radius 1 is 0.185 bits per heavy atom. The molecule has 0 spiro atoms. The molecule has 0 aliphatic heterocycles. The van der Waals surface area contributed by atoms with Crippen LogP contribution in [0.2, 0.25) is 0 Å². The maximum absolute atomic E-state index is 12.5. The number of carbonyl (C=O) groups excluding carboxylic acids is 6. The first-order valence-electron chi connectivity index (χ1n) is 51.4. The van der Waals surface area contributed by atoms with Crippen LogP contribution in [-0.4, -0.2) is 35.8 Å². The van der Waals surface area contributed by atoms with Crippen molar-refractivity contribution < 1.29 is 57.2 Å². The molecule has 0 N–H and O–H groups in total. The fraction of sp³-hybridized carbons (Fsp3) is 0.418. The minimum atomic E-state index is -0.403. The van der Waals surface area contributed by atoms with E-state index < -0.39 is 23.9 Å². The van der Waals surface area contributed by atoms with Gasteiger partial charge in [-0.25, -0.2) is 28.8 Å². The minimum Gasteiger partial charge on any atom is -0.423 e. The largest absolute Gasteiger partial charge is 0.423 e. The highest BCUT2D eigenvalue weighted by atomic mass is 16.6. The molecule has 1 aliphatic rings. The van der Waals surface area contributed by atoms with Gasteiger partial charge in [-0.3, -0.25) is 0 Å². The predicted octanol–water partition coefficient (Wildman–Crippen LogP) is 34.3. The Morgan fingerprint density at radius 2 is 0.308 bits per heavy atom. The van der Waals surface area contributed by atoms with Crippen LogP contribution in [0.4, 0.5) is 0 Å². The van der Waals surface area contributed by atoms with Gasteiger partial charge < -0.3 is 28.4 Å². The van der Waals surface area contributed by atoms with Crippen molar-refractivity contribution in [3.05, 3.63) is 329 Å². The third kappa shape index (κ3) is 22.2. The highest BCUT2D eigenvalue weighted by Gasteiger charge is 2.35. The van der Waals surface area contributed by atoms with E-state index in [4.69, 9.17) is 28.4 Å². The molecular formula is C134H170O12. The van der Waals surface area contributed by atoms with E-state index in [0.717, 1.165) is 142 Å². The molecule has 0 saturated heterocycles. The van der Waals surface area contributed by atoms with Crippen molar-refractivity contribution in [2.24, 2.45) is 5.92 Å². The fourth-order valence-corrected chi connectivity index (χ4v) is 22.6. The molecule has 1 saturated carbocycles. The zero-order valence-corrected chi connectivity index (χ0v) is 97.2. The summed E-state index contributed by atoms with van der Waals surface area (Å²) < 4.78 is 34.9. The van der Waals surface area contributed by atoms with Crippen molar-refractivity contribution in [1.82, 2.24) is 0 Å². The van der Waals surface area contributed by atoms with Gasteiger partial charge >= 0.3 is 35.8 Å². The summed E-state index contributed by atoms with van der Waals surface area (Å²) in [7, 11) is 0. The highest BCUT2D eigenvalue weighted by Crippen LogP contribution is 2.53. The Labute approximate surface area is 877 Å². The van der Waals surface area contributed by atoms with Crippen LogP contribution in [0.25, 0.3) is 44.5 Å². The third-order valence-electron chi connectivity index (χ3n) is 34.4. The molecule has 11 rings (SSSR count). The Bertz CT molecular complexity index is 6810. The quantitative estimate of drug-likeness (QED) is 0.0340. The van der Waals surface area contributed by atoms with Gasteiger partial charge in [-0.2, -0.15) is 0 Å². The van der Waals surface area contributed by atoms with Gasteiger partial charge in [0.05, 0.1) is 0 Å². The molecule has 146 heavy (non-hydrogen) atoms. The topological polar surface area (TPSA) is 158 Å². The summed E-state index contributed by atoms with van der Waals surface area (Å²) in [6.45, 7) is 119. The lowest BCUT2D eigenvalue weighted by Crippen LogP contribution is -2.19. The van der Waals surface area contributed by atoms with E-state index in [1.807, 2.05) is 55.4 Å². The van der Waals surface area contributed by atoms with E-state index in [9.17, 15) is 28.8 Å². The van der Waals surface area contributed by atoms with E-state index in [1.54, 1.807) is 41.5 Å². The summed E-state index contributed by atoms with van der Waals surface area (Å²) in [5.41, 5.74) is 67.3. The molecule has 0 unspecified atom stereocenters. The first-order valence-corrected chi connectivity index (χ1v) is 51.4. The lowest BCUT2D eigenvalue weighted by atomic mass is 9.72. The highest BCUT2D eigenvalue weighted by molar-refractivity contribution is 5.96. The minimum absolute atomic E-state index is 0. The molecule has 778 valence electrons. The number of hydrogen-bond donors (Lipinski definition) is 0. The molecule has 0 aromatic heterocycles. The standard InChI is InChI=1S/C49H60O4.C45H58O4.C39H48O4.CH4/c1-22(2)48(50)52-46-36(17)32(13)44(33(14)37(46)18)42-28(9)24(5)40(25(6)29(42)10)21-41-26(7)30(11)43(31(12)27(41)8)45-34(15)38(19)47(39(20)35(45)16)53-49(51)23(3)4;1-22(2)44(46)48-42-32(13)28(9)39(29(10)33(42)14)37-19-17-36(18-20-37)21-38-24(5)26(7)40(27(8)25(38)6)41-30(11)34(15)43(35(16)31(41)12)49-45(47)23(3)4;1-18(2)38(40)42-36-28(13)22(7)33(23(8)29(36)14)17-32-20(5)24(9)34(25(10)21(32)6)35-26(11)30(15)37(31(16)27(35)12)43-39(41)19(3)4;/h1,3,21H2,2,4-20H3;36-37H,1,3,17-21H2,2,4-16H3;1,3,17H2,2,4-16H3;1H4. The van der Waals surface area contributed by atoms with Gasteiger partial charge in [-0.05, 0) is 676 Å². The molecule has 1 aliphatic carbocycles. The van der Waals surface area contributed by atoms with Crippen LogP contribution in [0.15, 0.2) is 72.9 Å². The number of rotatable bonds is 23. The first kappa shape index (κ1) is 119. The Balaban J connectivity index is 0.000000268. The van der Waals surface area contributed by atoms with Crippen LogP contribution in [0.1, 0.15) is 336 Å². The van der Waals surface area contributed by atoms with Gasteiger partial charge in [0.15, 0.2) is 0 Å². The van der Waals surface area contributed by atoms with Gasteiger partial charge in [0, 0.05) is 33.4 Å². The average Bonchev–Trinajstić information content (AvgIpc) is 0.730. The van der Waals surface area contributed by atoms with Gasteiger partial charge in [-0.15, -0.1) is 0 Å². The third-order valence-corrected chi connectivity index (χ3v) is 34.4. The second-order valence-electron chi connectivity index (χ2n) is 43.1. The van der Waals surface area contributed by atoms with Crippen molar-refractivity contribution in [2.45, 2.75) is 377 Å². The summed E-state index contributed by atoms with van der Waals surface area (Å²) in [5.74, 6) is 2.69. The maximum atomic E-state index is 12.5. The van der Waals surface area contributed by atoms with E-state index >= 15 is 0 Å². The van der Waals surface area contributed by atoms with E-state index in [2.05, 4.69) is 261 Å². The molecule has 0 radical (unpaired) electrons. The second-order valence-corrected chi connectivity index (χ2v) is 43.1. The monoisotopic (exact) mass is 1970 g/mol. The van der Waals surface area contributed by atoms with Crippen molar-refractivity contribution in [1.29, 1.82) is 0 Å². The van der Waals surface area contributed by atoms with Crippen LogP contribution in [0.3, 0.4) is 0 Å². The second kappa shape index (κ2) is 46.3. The van der Waals surface area contributed by atoms with Gasteiger partial charge in [0.2, 0.25) is 0 Å². The number of carbonyl (C=O) groups is 6. The van der Waals surface area contributed by atoms with Gasteiger partial charge in [-0.1, -0.05) is 46.9 Å². The molecular weight excluding hydrogens is 1800 g/mol. The summed E-state index contributed by atoms with van der Waals surface area (Å²) in [5, 5.41) is 0. The SMILES string of the molecule is C.C=C(C)C(=O)Oc1c(C)c(C)c(-c2c(C)c(C)c(CC3CCC(c4c(C)c(C)c(OC(=O)C(=C)C)c(C)c4C)CC3)c(C)c2C)c(C)c1C.C=C(C)C(=O)Oc1c(C)c(C)c(-c2c(C)c(C)c(Cc3c(C)c(C)c(-c4c(C)c(C)c(OC(=O)C(=C)C)c(C)c4C)c(C)c3C)c(C)c2C)c(C)c1C.C=C(C)C(=O)Oc1c(C)c(C)c(Cc2c(C)c(C)c(-c3c(C)c(C)c(OC(=O)C(=C)C)c(C)c3C)c(C)c2C)c(C)c1C. The van der Waals surface area contributed by atoms with Crippen molar-refractivity contribution in [3.8, 4) is 79.0 Å². The number of esters is 6. The van der Waals surface area contributed by atoms with E-state index in [1.165, 1.54) is 204 Å². The predicted molar refractivity (Wildman–Crippen MR) is 613 cm³/mol. The van der Waals surface area contributed by atoms with Gasteiger partial charge in [0.25, 0.3) is 0 Å². The average molecular weight is 1970 g/mol. The number of hydrogen-bond acceptors (Lipinski definition) is 12. The molecule has 0 bridgehead atoms. The summed E-state index contributed by atoms with van der Waals surface area (Å²) in [6.07, 6.45) is 7.48. The summed E-state index contributed by atoms with van der Waals surface area (Å²) in [6, 6.07) is 0. The summed E-state index contributed by atoms with van der Waals surface area (Å²) >= 11 is 0. The lowest BCUT2D eigenvalue weighted by Gasteiger charge is -2.33. The molecule has 0 heterocycles. The smallest absolute Gasteiger partial charge is 0.338 e. The van der Waals surface area contributed by atoms with Crippen LogP contribution < -0.4 is 28.4 Å². The molecule has 1 fully saturated rings. The fourth-order valence-electron chi connectivity index (χ4n) is 22.6. The molecule has 10 aromatic carbocycles. The Morgan fingerprint density at radius 3 is 0.459 bits per heavy atom. The van der Waals surface area contributed by atoms with Crippen molar-refractivity contribution >= 4 is 35.8 Å². The van der Waals surface area contributed by atoms with E-state index in [0.29, 0.717) is 79.8 Å². The normalized spacial score (nSPS) is 12.7. The van der Waals surface area contributed by atoms with Crippen molar-refractivity contribution in [3.63, 3.8) is 0 Å². The van der Waals surface area contributed by atoms with Crippen LogP contribution in [0.5, 0.6) is 34.5 Å². The van der Waals surface area contributed by atoms with Crippen molar-refractivity contribution in [2.75, 3.05) is 0 Å².